The van der Waals surface area contributed by atoms with E-state index in [0.29, 0.717) is 38.0 Å². The van der Waals surface area contributed by atoms with Crippen LogP contribution < -0.4 is 10.1 Å². The van der Waals surface area contributed by atoms with Crippen LogP contribution in [0.4, 0.5) is 0 Å². The lowest BCUT2D eigenvalue weighted by Gasteiger charge is -2.37. The highest BCUT2D eigenvalue weighted by Crippen LogP contribution is 2.29. The normalized spacial score (nSPS) is 22.7. The average Bonchev–Trinajstić information content (AvgIpc) is 3.43. The molecule has 0 bridgehead atoms. The van der Waals surface area contributed by atoms with E-state index in [4.69, 9.17) is 9.47 Å². The number of hydrogen-bond acceptors (Lipinski definition) is 5. The number of aliphatic imine (C=N–C) groups is 1. The van der Waals surface area contributed by atoms with Crippen LogP contribution in [0.1, 0.15) is 31.2 Å². The lowest BCUT2D eigenvalue weighted by molar-refractivity contribution is -0.142. The van der Waals surface area contributed by atoms with E-state index in [9.17, 15) is 4.79 Å². The van der Waals surface area contributed by atoms with Gasteiger partial charge in [-0.05, 0) is 43.2 Å². The van der Waals surface area contributed by atoms with Gasteiger partial charge in [-0.1, -0.05) is 0 Å². The number of ether oxygens (including phenoxy) is 2. The smallest absolute Gasteiger partial charge is 0.251 e. The van der Waals surface area contributed by atoms with Crippen molar-refractivity contribution in [2.45, 2.75) is 38.3 Å². The largest absolute Gasteiger partial charge is 0.477 e. The summed E-state index contributed by atoms with van der Waals surface area (Å²) in [6.45, 7) is 5.07. The third-order valence-corrected chi connectivity index (χ3v) is 5.72. The van der Waals surface area contributed by atoms with E-state index in [1.807, 2.05) is 17.0 Å². The molecular formula is C21H31N5O3. The van der Waals surface area contributed by atoms with E-state index in [0.717, 1.165) is 44.1 Å². The Bertz CT molecular complexity index is 723. The summed E-state index contributed by atoms with van der Waals surface area (Å²) in [5, 5.41) is 3.42. The number of carbonyl (C=O) groups excluding carboxylic acids is 1. The van der Waals surface area contributed by atoms with Crippen molar-refractivity contribution in [3.8, 4) is 5.88 Å². The molecule has 1 aliphatic carbocycles. The minimum absolute atomic E-state index is 0.139. The molecule has 1 aromatic heterocycles. The van der Waals surface area contributed by atoms with E-state index >= 15 is 0 Å². The Labute approximate surface area is 172 Å². The Morgan fingerprint density at radius 3 is 2.76 bits per heavy atom. The second-order valence-electron chi connectivity index (χ2n) is 7.97. The molecule has 8 nitrogen and oxygen atoms in total. The van der Waals surface area contributed by atoms with Gasteiger partial charge in [-0.3, -0.25) is 9.79 Å². The Morgan fingerprint density at radius 1 is 1.28 bits per heavy atom. The third kappa shape index (κ3) is 5.38. The molecule has 1 saturated carbocycles. The molecule has 0 spiro atoms. The Balaban J connectivity index is 1.24. The van der Waals surface area contributed by atoms with Crippen LogP contribution in [0.15, 0.2) is 23.3 Å². The van der Waals surface area contributed by atoms with Crippen molar-refractivity contribution in [2.75, 3.05) is 46.4 Å². The highest BCUT2D eigenvalue weighted by Gasteiger charge is 2.30. The fraction of sp³-hybridized carbons (Fsp3) is 0.667. The van der Waals surface area contributed by atoms with E-state index in [2.05, 4.69) is 20.2 Å². The van der Waals surface area contributed by atoms with Crippen molar-refractivity contribution >= 4 is 11.9 Å². The Hall–Kier alpha value is -2.35. The molecule has 1 N–H and O–H groups in total. The number of pyridine rings is 1. The monoisotopic (exact) mass is 401 g/mol. The number of hydrogen-bond donors (Lipinski definition) is 1. The molecule has 0 aromatic carbocycles. The fourth-order valence-corrected chi connectivity index (χ4v) is 3.76. The molecule has 29 heavy (non-hydrogen) atoms. The van der Waals surface area contributed by atoms with Crippen LogP contribution >= 0.6 is 0 Å². The van der Waals surface area contributed by atoms with Crippen molar-refractivity contribution < 1.29 is 14.3 Å². The summed E-state index contributed by atoms with van der Waals surface area (Å²) in [7, 11) is 1.79. The van der Waals surface area contributed by atoms with Gasteiger partial charge in [0.25, 0.3) is 5.91 Å². The van der Waals surface area contributed by atoms with E-state index in [-0.39, 0.29) is 12.0 Å². The van der Waals surface area contributed by atoms with Crippen LogP contribution in [0, 0.1) is 5.92 Å². The van der Waals surface area contributed by atoms with Crippen LogP contribution in [0.2, 0.25) is 0 Å². The molecule has 3 heterocycles. The Morgan fingerprint density at radius 2 is 2.07 bits per heavy atom. The van der Waals surface area contributed by atoms with Crippen LogP contribution in [0.3, 0.4) is 0 Å². The molecule has 2 saturated heterocycles. The maximum atomic E-state index is 12.5. The second-order valence-corrected chi connectivity index (χ2v) is 7.97. The van der Waals surface area contributed by atoms with Gasteiger partial charge < -0.3 is 24.6 Å². The van der Waals surface area contributed by atoms with Crippen molar-refractivity contribution in [3.63, 3.8) is 0 Å². The molecular weight excluding hydrogens is 370 g/mol. The van der Waals surface area contributed by atoms with Gasteiger partial charge in [0.1, 0.15) is 6.10 Å². The van der Waals surface area contributed by atoms with Gasteiger partial charge in [-0.25, -0.2) is 4.98 Å². The predicted octanol–water partition coefficient (Wildman–Crippen LogP) is 1.27. The van der Waals surface area contributed by atoms with Crippen molar-refractivity contribution in [3.05, 3.63) is 23.9 Å². The summed E-state index contributed by atoms with van der Waals surface area (Å²) in [6, 6.07) is 3.98. The number of guanidine groups is 1. The third-order valence-electron chi connectivity index (χ3n) is 5.72. The van der Waals surface area contributed by atoms with Crippen LogP contribution in [0.5, 0.6) is 5.88 Å². The van der Waals surface area contributed by atoms with Gasteiger partial charge >= 0.3 is 0 Å². The maximum Gasteiger partial charge on any atom is 0.251 e. The molecule has 1 unspecified atom stereocenters. The molecule has 0 radical (unpaired) electrons. The quantitative estimate of drug-likeness (QED) is 0.571. The molecule has 3 fully saturated rings. The number of nitrogens with one attached hydrogen (secondary N) is 1. The van der Waals surface area contributed by atoms with Crippen LogP contribution in [-0.4, -0.2) is 79.2 Å². The fourth-order valence-electron chi connectivity index (χ4n) is 3.76. The number of rotatable bonds is 6. The molecule has 2 aliphatic heterocycles. The van der Waals surface area contributed by atoms with E-state index < -0.39 is 0 Å². The average molecular weight is 402 g/mol. The summed E-state index contributed by atoms with van der Waals surface area (Å²) in [5.74, 6) is 2.39. The van der Waals surface area contributed by atoms with Gasteiger partial charge in [-0.2, -0.15) is 0 Å². The summed E-state index contributed by atoms with van der Waals surface area (Å²) in [5.41, 5.74) is 1.11. The number of nitrogens with zero attached hydrogens (tertiary/aromatic N) is 4. The van der Waals surface area contributed by atoms with E-state index in [1.165, 1.54) is 12.8 Å². The lowest BCUT2D eigenvalue weighted by atomic mass is 10.2. The molecule has 1 atom stereocenters. The molecule has 4 rings (SSSR count). The standard InChI is InChI=1S/C21H31N5O3/c1-22-21(24-14-17-6-7-23-19(13-17)29-15-16-4-5-16)26-10-8-25(9-11-26)20(27)18-3-2-12-28-18/h6-7,13,16,18H,2-5,8-12,14-15H2,1H3,(H,22,24). The number of amides is 1. The zero-order valence-corrected chi connectivity index (χ0v) is 17.2. The van der Waals surface area contributed by atoms with Crippen molar-refractivity contribution in [1.29, 1.82) is 0 Å². The Kier molecular flexibility index (Phi) is 6.49. The number of carbonyl (C=O) groups is 1. The summed E-state index contributed by atoms with van der Waals surface area (Å²) in [4.78, 5) is 25.3. The molecule has 8 heteroatoms. The molecule has 158 valence electrons. The van der Waals surface area contributed by atoms with Crippen LogP contribution in [0.25, 0.3) is 0 Å². The first-order chi connectivity index (χ1) is 14.2. The van der Waals surface area contributed by atoms with Crippen molar-refractivity contribution in [1.82, 2.24) is 20.1 Å². The minimum Gasteiger partial charge on any atom is -0.477 e. The first kappa shape index (κ1) is 19.9. The van der Waals surface area contributed by atoms with Gasteiger partial charge in [-0.15, -0.1) is 0 Å². The highest BCUT2D eigenvalue weighted by molar-refractivity contribution is 5.82. The van der Waals surface area contributed by atoms with Gasteiger partial charge in [0, 0.05) is 58.6 Å². The number of piperazine rings is 1. The predicted molar refractivity (Wildman–Crippen MR) is 110 cm³/mol. The van der Waals surface area contributed by atoms with Gasteiger partial charge in [0.2, 0.25) is 5.88 Å². The summed E-state index contributed by atoms with van der Waals surface area (Å²) >= 11 is 0. The lowest BCUT2D eigenvalue weighted by Crippen LogP contribution is -2.55. The second kappa shape index (κ2) is 9.43. The first-order valence-corrected chi connectivity index (χ1v) is 10.7. The molecule has 1 aromatic rings. The summed E-state index contributed by atoms with van der Waals surface area (Å²) in [6.07, 6.45) is 5.92. The summed E-state index contributed by atoms with van der Waals surface area (Å²) < 4.78 is 11.3. The van der Waals surface area contributed by atoms with Crippen LogP contribution in [-0.2, 0) is 16.1 Å². The first-order valence-electron chi connectivity index (χ1n) is 10.7. The molecule has 3 aliphatic rings. The maximum absolute atomic E-state index is 12.5. The zero-order valence-electron chi connectivity index (χ0n) is 17.2. The molecule has 1 amide bonds. The van der Waals surface area contributed by atoms with Gasteiger partial charge in [0.05, 0.1) is 6.61 Å². The topological polar surface area (TPSA) is 79.3 Å². The SMILES string of the molecule is CN=C(NCc1ccnc(OCC2CC2)c1)N1CCN(C(=O)C2CCCO2)CC1. The number of aromatic nitrogens is 1. The van der Waals surface area contributed by atoms with Gasteiger partial charge in [0.15, 0.2) is 5.96 Å². The van der Waals surface area contributed by atoms with E-state index in [1.54, 1.807) is 13.2 Å². The highest BCUT2D eigenvalue weighted by atomic mass is 16.5. The minimum atomic E-state index is -0.234. The zero-order chi connectivity index (χ0) is 20.1. The van der Waals surface area contributed by atoms with Crippen molar-refractivity contribution in [2.24, 2.45) is 10.9 Å².